The van der Waals surface area contributed by atoms with Gasteiger partial charge < -0.3 is 0 Å². The summed E-state index contributed by atoms with van der Waals surface area (Å²) in [6.45, 7) is 6.21. The van der Waals surface area contributed by atoms with Crippen LogP contribution in [0.4, 0.5) is 0 Å². The number of allylic oxidation sites excluding steroid dienone is 1. The van der Waals surface area contributed by atoms with Crippen LogP contribution < -0.4 is 0 Å². The van der Waals surface area contributed by atoms with Gasteiger partial charge in [0.25, 0.3) is 0 Å². The first kappa shape index (κ1) is 8.18. The Morgan fingerprint density at radius 3 is 2.55 bits per heavy atom. The predicted octanol–water partition coefficient (Wildman–Crippen LogP) is 1.76. The molecule has 0 N–H and O–H groups in total. The van der Waals surface area contributed by atoms with E-state index in [-0.39, 0.29) is 5.78 Å². The molecule has 0 radical (unpaired) electrons. The van der Waals surface area contributed by atoms with E-state index in [0.29, 0.717) is 6.54 Å². The molecule has 60 valence electrons. The minimum absolute atomic E-state index is 0.166. The number of dihydropyridines is 1. The van der Waals surface area contributed by atoms with Gasteiger partial charge >= 0.3 is 0 Å². The van der Waals surface area contributed by atoms with Crippen molar-refractivity contribution in [2.75, 3.05) is 6.54 Å². The van der Waals surface area contributed by atoms with E-state index in [2.05, 4.69) is 4.99 Å². The lowest BCUT2D eigenvalue weighted by Gasteiger charge is -2.13. The molecule has 0 fully saturated rings. The zero-order valence-corrected chi connectivity index (χ0v) is 7.27. The molecule has 2 nitrogen and oxygen atoms in total. The van der Waals surface area contributed by atoms with Crippen LogP contribution in [0.5, 0.6) is 0 Å². The molecular formula is C9H13NO. The van der Waals surface area contributed by atoms with Crippen LogP contribution in [-0.2, 0) is 4.79 Å². The summed E-state index contributed by atoms with van der Waals surface area (Å²) in [6, 6.07) is 0. The largest absolute Gasteiger partial charge is 0.295 e. The normalized spacial score (nSPS) is 18.3. The van der Waals surface area contributed by atoms with Gasteiger partial charge in [-0.25, -0.2) is 0 Å². The molecule has 0 spiro atoms. The van der Waals surface area contributed by atoms with Crippen molar-refractivity contribution >= 4 is 11.5 Å². The summed E-state index contributed by atoms with van der Waals surface area (Å²) in [6.07, 6.45) is 0.870. The van der Waals surface area contributed by atoms with E-state index >= 15 is 0 Å². The lowest BCUT2D eigenvalue weighted by molar-refractivity contribution is -0.113. The first-order chi connectivity index (χ1) is 5.11. The van der Waals surface area contributed by atoms with Crippen LogP contribution in [0.15, 0.2) is 16.1 Å². The molecule has 0 amide bonds. The van der Waals surface area contributed by atoms with Gasteiger partial charge in [0.1, 0.15) is 0 Å². The average Bonchev–Trinajstić information content (AvgIpc) is 1.85. The topological polar surface area (TPSA) is 29.4 Å². The molecule has 0 aromatic carbocycles. The summed E-state index contributed by atoms with van der Waals surface area (Å²) in [5.41, 5.74) is 3.22. The van der Waals surface area contributed by atoms with Gasteiger partial charge in [-0.2, -0.15) is 0 Å². The van der Waals surface area contributed by atoms with Crippen molar-refractivity contribution in [2.24, 2.45) is 4.99 Å². The third-order valence-electron chi connectivity index (χ3n) is 1.97. The maximum absolute atomic E-state index is 11.0. The number of ketones is 1. The zero-order chi connectivity index (χ0) is 8.43. The summed E-state index contributed by atoms with van der Waals surface area (Å²) in [5, 5.41) is 0. The molecule has 0 saturated carbocycles. The van der Waals surface area contributed by atoms with E-state index in [9.17, 15) is 4.79 Å². The summed E-state index contributed by atoms with van der Waals surface area (Å²) in [5.74, 6) is 0.166. The Bertz CT molecular complexity index is 248. The van der Waals surface area contributed by atoms with Crippen LogP contribution in [0.1, 0.15) is 27.2 Å². The summed E-state index contributed by atoms with van der Waals surface area (Å²) >= 11 is 0. The predicted molar refractivity (Wildman–Crippen MR) is 46.0 cm³/mol. The molecule has 2 heteroatoms. The van der Waals surface area contributed by atoms with Gasteiger partial charge in [0.2, 0.25) is 0 Å². The molecule has 0 aliphatic carbocycles. The first-order valence-electron chi connectivity index (χ1n) is 3.80. The molecule has 11 heavy (non-hydrogen) atoms. The number of rotatable bonds is 1. The van der Waals surface area contributed by atoms with Crippen LogP contribution in [0.25, 0.3) is 0 Å². The van der Waals surface area contributed by atoms with Crippen molar-refractivity contribution in [3.05, 3.63) is 11.1 Å². The summed E-state index contributed by atoms with van der Waals surface area (Å²) in [4.78, 5) is 15.2. The highest BCUT2D eigenvalue weighted by Crippen LogP contribution is 2.15. The minimum atomic E-state index is 0.166. The Morgan fingerprint density at radius 2 is 2.09 bits per heavy atom. The van der Waals surface area contributed by atoms with E-state index in [1.165, 1.54) is 5.57 Å². The van der Waals surface area contributed by atoms with E-state index in [0.717, 1.165) is 17.7 Å². The first-order valence-corrected chi connectivity index (χ1v) is 3.80. The number of hydrogen-bond acceptors (Lipinski definition) is 2. The van der Waals surface area contributed by atoms with Gasteiger partial charge in [-0.15, -0.1) is 0 Å². The average molecular weight is 151 g/mol. The molecule has 1 aliphatic heterocycles. The molecule has 0 aromatic rings. The van der Waals surface area contributed by atoms with Gasteiger partial charge in [0.05, 0.1) is 6.54 Å². The quantitative estimate of drug-likeness (QED) is 0.561. The van der Waals surface area contributed by atoms with Crippen molar-refractivity contribution in [1.82, 2.24) is 0 Å². The third kappa shape index (κ3) is 1.76. The van der Waals surface area contributed by atoms with Crippen LogP contribution >= 0.6 is 0 Å². The van der Waals surface area contributed by atoms with E-state index < -0.39 is 0 Å². The number of hydrogen-bond donors (Lipinski definition) is 0. The lowest BCUT2D eigenvalue weighted by atomic mass is 9.99. The van der Waals surface area contributed by atoms with Crippen molar-refractivity contribution in [3.63, 3.8) is 0 Å². The fraction of sp³-hybridized carbons (Fsp3) is 0.556. The molecule has 1 rings (SSSR count). The molecular weight excluding hydrogens is 138 g/mol. The highest BCUT2D eigenvalue weighted by Gasteiger charge is 2.12. The summed E-state index contributed by atoms with van der Waals surface area (Å²) in [7, 11) is 0. The van der Waals surface area contributed by atoms with Crippen LogP contribution in [0.2, 0.25) is 0 Å². The highest BCUT2D eigenvalue weighted by molar-refractivity contribution is 5.98. The van der Waals surface area contributed by atoms with E-state index in [4.69, 9.17) is 0 Å². The molecule has 0 saturated heterocycles. The van der Waals surface area contributed by atoms with Crippen LogP contribution in [0, 0.1) is 0 Å². The maximum Gasteiger partial charge on any atom is 0.157 e. The van der Waals surface area contributed by atoms with Crippen molar-refractivity contribution in [2.45, 2.75) is 27.2 Å². The molecule has 0 unspecified atom stereocenters. The summed E-state index contributed by atoms with van der Waals surface area (Å²) < 4.78 is 0. The number of Topliss-reactive ketones (excluding diaryl/α,β-unsaturated/α-hetero) is 1. The number of carbonyl (C=O) groups is 1. The molecule has 0 aromatic heterocycles. The second kappa shape index (κ2) is 2.99. The molecule has 1 aliphatic rings. The second-order valence-corrected chi connectivity index (χ2v) is 3.04. The number of nitrogens with zero attached hydrogens (tertiary/aromatic N) is 1. The lowest BCUT2D eigenvalue weighted by Crippen LogP contribution is -2.11. The van der Waals surface area contributed by atoms with Crippen LogP contribution in [-0.4, -0.2) is 18.0 Å². The second-order valence-electron chi connectivity index (χ2n) is 3.04. The highest BCUT2D eigenvalue weighted by atomic mass is 16.1. The van der Waals surface area contributed by atoms with E-state index in [1.807, 2.05) is 13.8 Å². The minimum Gasteiger partial charge on any atom is -0.295 e. The smallest absolute Gasteiger partial charge is 0.157 e. The van der Waals surface area contributed by atoms with Gasteiger partial charge in [-0.1, -0.05) is 5.57 Å². The SMILES string of the molecule is CC(=O)C1=C(C)CC(C)=NC1. The standard InChI is InChI=1S/C9H13NO/c1-6-4-7(2)10-5-9(6)8(3)11/h4-5H2,1-3H3. The number of carbonyl (C=O) groups excluding carboxylic acids is 1. The fourth-order valence-electron chi connectivity index (χ4n) is 1.31. The van der Waals surface area contributed by atoms with Crippen molar-refractivity contribution in [3.8, 4) is 0 Å². The van der Waals surface area contributed by atoms with Gasteiger partial charge in [-0.05, 0) is 20.8 Å². The monoisotopic (exact) mass is 151 g/mol. The van der Waals surface area contributed by atoms with Crippen LogP contribution in [0.3, 0.4) is 0 Å². The fourth-order valence-corrected chi connectivity index (χ4v) is 1.31. The maximum atomic E-state index is 11.0. The van der Waals surface area contributed by atoms with Gasteiger partial charge in [0.15, 0.2) is 5.78 Å². The molecule has 1 heterocycles. The number of aliphatic imine (C=N–C) groups is 1. The Hall–Kier alpha value is -0.920. The molecule has 0 bridgehead atoms. The van der Waals surface area contributed by atoms with Gasteiger partial charge in [0, 0.05) is 17.7 Å². The Kier molecular flexibility index (Phi) is 2.22. The molecule has 0 atom stereocenters. The Morgan fingerprint density at radius 1 is 1.45 bits per heavy atom. The van der Waals surface area contributed by atoms with Crippen molar-refractivity contribution < 1.29 is 4.79 Å². The van der Waals surface area contributed by atoms with Crippen molar-refractivity contribution in [1.29, 1.82) is 0 Å². The van der Waals surface area contributed by atoms with Gasteiger partial charge in [-0.3, -0.25) is 9.79 Å². The zero-order valence-electron chi connectivity index (χ0n) is 7.27. The Labute approximate surface area is 67.0 Å². The Balaban J connectivity index is 2.83. The van der Waals surface area contributed by atoms with E-state index in [1.54, 1.807) is 6.92 Å². The third-order valence-corrected chi connectivity index (χ3v) is 1.97.